The van der Waals surface area contributed by atoms with Crippen LogP contribution in [0.25, 0.3) is 21.8 Å². The maximum Gasteiger partial charge on any atom is 0.115 e. The number of aromatic nitrogens is 1. The number of fused-ring (bicyclic) bond motifs is 3. The van der Waals surface area contributed by atoms with Gasteiger partial charge in [-0.25, -0.2) is 0 Å². The first-order chi connectivity index (χ1) is 13.5. The van der Waals surface area contributed by atoms with Crippen molar-refractivity contribution in [1.29, 1.82) is 0 Å². The summed E-state index contributed by atoms with van der Waals surface area (Å²) in [7, 11) is 39.9. The van der Waals surface area contributed by atoms with E-state index in [9.17, 15) is 0 Å². The van der Waals surface area contributed by atoms with Gasteiger partial charge in [-0.2, -0.15) is 0 Å². The summed E-state index contributed by atoms with van der Waals surface area (Å²) < 4.78 is 2.06. The molecular formula is C23H25B6N. The number of hydrogen-bond donors (Lipinski definition) is 0. The standard InChI is InChI=1S/C23H25B6N/c1-9(2)30-20-10(14(24)12(22(3,4)5)16(26)18(20)28)11-15(25)13(23(6,7)8)17(27)19(29)21(11)30/h9H,1-8H3. The quantitative estimate of drug-likeness (QED) is 0.513. The van der Waals surface area contributed by atoms with E-state index in [1.807, 2.05) is 0 Å². The molecule has 0 atom stereocenters. The molecule has 12 radical (unpaired) electrons. The third kappa shape index (κ3) is 3.14. The van der Waals surface area contributed by atoms with Crippen molar-refractivity contribution in [3.05, 3.63) is 11.1 Å². The lowest BCUT2D eigenvalue weighted by Crippen LogP contribution is -2.42. The minimum atomic E-state index is -0.302. The van der Waals surface area contributed by atoms with E-state index >= 15 is 0 Å². The Labute approximate surface area is 189 Å². The van der Waals surface area contributed by atoms with Crippen LogP contribution in [0.4, 0.5) is 0 Å². The second-order valence-electron chi connectivity index (χ2n) is 10.6. The fraction of sp³-hybridized carbons (Fsp3) is 0.478. The van der Waals surface area contributed by atoms with Crippen LogP contribution < -0.4 is 32.8 Å². The summed E-state index contributed by atoms with van der Waals surface area (Å²) in [6.45, 7) is 16.5. The molecule has 3 aromatic rings. The van der Waals surface area contributed by atoms with Gasteiger partial charge in [0.05, 0.1) is 0 Å². The van der Waals surface area contributed by atoms with Crippen LogP contribution >= 0.6 is 0 Å². The largest absolute Gasteiger partial charge is 0.339 e. The van der Waals surface area contributed by atoms with Crippen LogP contribution in [0.5, 0.6) is 0 Å². The van der Waals surface area contributed by atoms with E-state index in [0.717, 1.165) is 32.9 Å². The second kappa shape index (κ2) is 7.07. The summed E-state index contributed by atoms with van der Waals surface area (Å²) in [5, 5.41) is 1.59. The van der Waals surface area contributed by atoms with Crippen LogP contribution in [0.1, 0.15) is 72.6 Å². The van der Waals surface area contributed by atoms with Crippen molar-refractivity contribution < 1.29 is 0 Å². The monoisotopic (exact) mass is 381 g/mol. The Morgan fingerprint density at radius 3 is 1.07 bits per heavy atom. The zero-order valence-electron chi connectivity index (χ0n) is 19.5. The van der Waals surface area contributed by atoms with Gasteiger partial charge in [0.15, 0.2) is 0 Å². The molecule has 0 N–H and O–H groups in total. The highest BCUT2D eigenvalue weighted by atomic mass is 15.0. The molecule has 0 aliphatic rings. The summed E-state index contributed by atoms with van der Waals surface area (Å²) in [4.78, 5) is 0. The molecule has 1 aromatic heterocycles. The van der Waals surface area contributed by atoms with Gasteiger partial charge < -0.3 is 4.57 Å². The van der Waals surface area contributed by atoms with Crippen molar-refractivity contribution in [2.75, 3.05) is 0 Å². The Bertz CT molecular complexity index is 1100. The number of nitrogens with zero attached hydrogens (tertiary/aromatic N) is 1. The topological polar surface area (TPSA) is 4.93 Å². The summed E-state index contributed by atoms with van der Waals surface area (Å²) >= 11 is 0. The van der Waals surface area contributed by atoms with E-state index < -0.39 is 0 Å². The van der Waals surface area contributed by atoms with Crippen LogP contribution in [0.3, 0.4) is 0 Å². The van der Waals surface area contributed by atoms with Crippen LogP contribution in [0.2, 0.25) is 0 Å². The van der Waals surface area contributed by atoms with E-state index in [0.29, 0.717) is 32.8 Å². The van der Waals surface area contributed by atoms with Crippen molar-refractivity contribution in [3.63, 3.8) is 0 Å². The van der Waals surface area contributed by atoms with Gasteiger partial charge in [0.1, 0.15) is 47.1 Å². The Balaban J connectivity index is 2.83. The number of rotatable bonds is 1. The third-order valence-electron chi connectivity index (χ3n) is 5.93. The van der Waals surface area contributed by atoms with Crippen molar-refractivity contribution in [2.24, 2.45) is 0 Å². The summed E-state index contributed by atoms with van der Waals surface area (Å²) in [6.07, 6.45) is 0. The highest BCUT2D eigenvalue weighted by molar-refractivity contribution is 6.62. The van der Waals surface area contributed by atoms with Gasteiger partial charge in [0.2, 0.25) is 0 Å². The zero-order chi connectivity index (χ0) is 23.1. The highest BCUT2D eigenvalue weighted by Crippen LogP contribution is 2.31. The molecule has 0 fully saturated rings. The minimum Gasteiger partial charge on any atom is -0.339 e. The van der Waals surface area contributed by atoms with Crippen molar-refractivity contribution in [3.8, 4) is 0 Å². The fourth-order valence-corrected chi connectivity index (χ4v) is 4.84. The second-order valence-corrected chi connectivity index (χ2v) is 10.6. The Hall–Kier alpha value is -1.37. The molecule has 0 bridgehead atoms. The zero-order valence-corrected chi connectivity index (χ0v) is 19.5. The fourth-order valence-electron chi connectivity index (χ4n) is 4.84. The van der Waals surface area contributed by atoms with Crippen molar-refractivity contribution in [1.82, 2.24) is 4.57 Å². The van der Waals surface area contributed by atoms with E-state index in [1.54, 1.807) is 0 Å². The van der Waals surface area contributed by atoms with Gasteiger partial charge in [-0.3, -0.25) is 0 Å². The van der Waals surface area contributed by atoms with E-state index in [-0.39, 0.29) is 16.9 Å². The maximum absolute atomic E-state index is 6.79. The number of benzene rings is 2. The van der Waals surface area contributed by atoms with E-state index in [4.69, 9.17) is 47.1 Å². The lowest BCUT2D eigenvalue weighted by atomic mass is 9.62. The third-order valence-corrected chi connectivity index (χ3v) is 5.93. The van der Waals surface area contributed by atoms with Gasteiger partial charge in [0, 0.05) is 17.1 Å². The Kier molecular flexibility index (Phi) is 5.49. The summed E-state index contributed by atoms with van der Waals surface area (Å²) in [6, 6.07) is 0.0353. The molecule has 0 aliphatic heterocycles. The van der Waals surface area contributed by atoms with Crippen LogP contribution in [0.15, 0.2) is 0 Å². The first-order valence-electron chi connectivity index (χ1n) is 10.3. The molecule has 0 saturated heterocycles. The predicted octanol–water partition coefficient (Wildman–Crippen LogP) is -0.267. The molecule has 1 heterocycles. The lowest BCUT2D eigenvalue weighted by molar-refractivity contribution is 0.598. The summed E-state index contributed by atoms with van der Waals surface area (Å²) in [5.41, 5.74) is 5.70. The first kappa shape index (κ1) is 23.3. The molecule has 2 aromatic carbocycles. The van der Waals surface area contributed by atoms with Gasteiger partial charge in [-0.05, 0) is 35.4 Å². The van der Waals surface area contributed by atoms with Crippen molar-refractivity contribution >= 4 is 102 Å². The van der Waals surface area contributed by atoms with Crippen LogP contribution in [0, 0.1) is 0 Å². The van der Waals surface area contributed by atoms with Crippen LogP contribution in [-0.2, 0) is 10.8 Å². The molecule has 0 aliphatic carbocycles. The molecule has 7 heteroatoms. The molecule has 140 valence electrons. The molecular weight excluding hydrogens is 355 g/mol. The SMILES string of the molecule is [B]c1c(C(C)(C)C)c([B])c2c3c([B])c(C(C)(C)C)c([B])c([B])c3n(C(C)C)c2c1[B]. The van der Waals surface area contributed by atoms with Gasteiger partial charge >= 0.3 is 0 Å². The molecule has 0 unspecified atom stereocenters. The highest BCUT2D eigenvalue weighted by Gasteiger charge is 2.29. The Morgan fingerprint density at radius 1 is 0.533 bits per heavy atom. The van der Waals surface area contributed by atoms with Crippen LogP contribution in [-0.4, -0.2) is 51.6 Å². The maximum atomic E-state index is 6.79. The predicted molar refractivity (Wildman–Crippen MR) is 140 cm³/mol. The minimum absolute atomic E-state index is 0.0353. The summed E-state index contributed by atoms with van der Waals surface area (Å²) in [5.74, 6) is 0. The van der Waals surface area contributed by atoms with Gasteiger partial charge in [-0.1, -0.05) is 85.4 Å². The molecule has 0 amide bonds. The average molecular weight is 380 g/mol. The smallest absolute Gasteiger partial charge is 0.115 e. The Morgan fingerprint density at radius 2 is 0.833 bits per heavy atom. The normalized spacial score (nSPS) is 13.1. The molecule has 0 spiro atoms. The van der Waals surface area contributed by atoms with Crippen molar-refractivity contribution in [2.45, 2.75) is 72.3 Å². The lowest BCUT2D eigenvalue weighted by Gasteiger charge is -2.29. The van der Waals surface area contributed by atoms with E-state index in [2.05, 4.69) is 60.0 Å². The van der Waals surface area contributed by atoms with Gasteiger partial charge in [0.25, 0.3) is 0 Å². The molecule has 1 nitrogen and oxygen atoms in total. The molecule has 3 rings (SSSR count). The molecule has 30 heavy (non-hydrogen) atoms. The number of hydrogen-bond acceptors (Lipinski definition) is 0. The van der Waals surface area contributed by atoms with E-state index in [1.165, 1.54) is 0 Å². The van der Waals surface area contributed by atoms with Gasteiger partial charge in [-0.15, -0.1) is 0 Å². The molecule has 0 saturated carbocycles. The average Bonchev–Trinajstić information content (AvgIpc) is 2.92. The first-order valence-corrected chi connectivity index (χ1v) is 10.3.